The zero-order chi connectivity index (χ0) is 21.0. The van der Waals surface area contributed by atoms with Gasteiger partial charge in [0, 0.05) is 13.1 Å². The standard InChI is InChI=1S/C21H25FN2O4S/c1-16-6-11-19(28-2)20(14-16)29(26,27)24(18-9-7-17(22)8-10-18)15-21(25)23-12-4-3-5-13-23/h6-11,14H,3-5,12-13,15H2,1-2H3. The number of carbonyl (C=O) groups is 1. The summed E-state index contributed by atoms with van der Waals surface area (Å²) in [5, 5.41) is 0. The number of methoxy groups -OCH3 is 1. The number of amides is 1. The van der Waals surface area contributed by atoms with Gasteiger partial charge in [-0.25, -0.2) is 12.8 Å². The molecule has 1 aliphatic heterocycles. The van der Waals surface area contributed by atoms with Gasteiger partial charge in [-0.2, -0.15) is 0 Å². The summed E-state index contributed by atoms with van der Waals surface area (Å²) in [5.41, 5.74) is 0.964. The van der Waals surface area contributed by atoms with Gasteiger partial charge in [-0.05, 0) is 68.1 Å². The van der Waals surface area contributed by atoms with Crippen LogP contribution in [0.4, 0.5) is 10.1 Å². The average molecular weight is 421 g/mol. The number of rotatable bonds is 6. The van der Waals surface area contributed by atoms with Crippen molar-refractivity contribution in [3.05, 3.63) is 53.8 Å². The van der Waals surface area contributed by atoms with E-state index in [9.17, 15) is 17.6 Å². The van der Waals surface area contributed by atoms with Crippen LogP contribution in [0.5, 0.6) is 5.75 Å². The molecule has 1 saturated heterocycles. The van der Waals surface area contributed by atoms with Crippen LogP contribution in [0.15, 0.2) is 47.4 Å². The summed E-state index contributed by atoms with van der Waals surface area (Å²) in [7, 11) is -2.73. The highest BCUT2D eigenvalue weighted by atomic mass is 32.2. The Labute approximate surface area is 170 Å². The molecule has 0 spiro atoms. The lowest BCUT2D eigenvalue weighted by molar-refractivity contribution is -0.130. The molecular formula is C21H25FN2O4S. The summed E-state index contributed by atoms with van der Waals surface area (Å²) in [5.74, 6) is -0.570. The minimum atomic E-state index is -4.13. The van der Waals surface area contributed by atoms with Gasteiger partial charge in [0.2, 0.25) is 5.91 Å². The molecule has 8 heteroatoms. The highest BCUT2D eigenvalue weighted by molar-refractivity contribution is 7.93. The quantitative estimate of drug-likeness (QED) is 0.719. The van der Waals surface area contributed by atoms with Crippen LogP contribution in [0.2, 0.25) is 0 Å². The van der Waals surface area contributed by atoms with Gasteiger partial charge < -0.3 is 9.64 Å². The molecule has 0 aliphatic carbocycles. The number of benzene rings is 2. The van der Waals surface area contributed by atoms with Crippen LogP contribution in [0, 0.1) is 12.7 Å². The van der Waals surface area contributed by atoms with E-state index in [0.717, 1.165) is 29.1 Å². The summed E-state index contributed by atoms with van der Waals surface area (Å²) in [6, 6.07) is 9.91. The van der Waals surface area contributed by atoms with Gasteiger partial charge in [0.1, 0.15) is 23.0 Å². The van der Waals surface area contributed by atoms with E-state index in [1.54, 1.807) is 24.0 Å². The second kappa shape index (κ2) is 8.82. The van der Waals surface area contributed by atoms with Crippen molar-refractivity contribution in [2.75, 3.05) is 31.0 Å². The van der Waals surface area contributed by atoms with Gasteiger partial charge in [0.15, 0.2) is 0 Å². The van der Waals surface area contributed by atoms with E-state index in [4.69, 9.17) is 4.74 Å². The first kappa shape index (κ1) is 21.1. The van der Waals surface area contributed by atoms with Gasteiger partial charge in [0.05, 0.1) is 12.8 Å². The highest BCUT2D eigenvalue weighted by Crippen LogP contribution is 2.31. The van der Waals surface area contributed by atoms with Crippen molar-refractivity contribution >= 4 is 21.6 Å². The summed E-state index contributed by atoms with van der Waals surface area (Å²) in [6.45, 7) is 2.65. The van der Waals surface area contributed by atoms with E-state index in [-0.39, 0.29) is 28.8 Å². The Morgan fingerprint density at radius 3 is 2.38 bits per heavy atom. The van der Waals surface area contributed by atoms with Gasteiger partial charge >= 0.3 is 0 Å². The molecule has 2 aromatic carbocycles. The number of hydrogen-bond donors (Lipinski definition) is 0. The number of sulfonamides is 1. The van der Waals surface area contributed by atoms with Crippen LogP contribution in [0.25, 0.3) is 0 Å². The Kier molecular flexibility index (Phi) is 6.42. The first-order chi connectivity index (χ1) is 13.8. The smallest absolute Gasteiger partial charge is 0.268 e. The number of halogens is 1. The van der Waals surface area contributed by atoms with Crippen LogP contribution in [0.1, 0.15) is 24.8 Å². The molecule has 0 N–H and O–H groups in total. The molecule has 0 saturated carbocycles. The third kappa shape index (κ3) is 4.70. The Hall–Kier alpha value is -2.61. The second-order valence-electron chi connectivity index (χ2n) is 7.08. The fraction of sp³-hybridized carbons (Fsp3) is 0.381. The van der Waals surface area contributed by atoms with Gasteiger partial charge in [-0.15, -0.1) is 0 Å². The molecule has 156 valence electrons. The minimum absolute atomic E-state index is 0.0317. The highest BCUT2D eigenvalue weighted by Gasteiger charge is 2.31. The lowest BCUT2D eigenvalue weighted by atomic mass is 10.1. The molecule has 2 aromatic rings. The predicted molar refractivity (Wildman–Crippen MR) is 109 cm³/mol. The van der Waals surface area contributed by atoms with Gasteiger partial charge in [0.25, 0.3) is 10.0 Å². The Bertz CT molecular complexity index is 971. The molecule has 6 nitrogen and oxygen atoms in total. The predicted octanol–water partition coefficient (Wildman–Crippen LogP) is 3.35. The fourth-order valence-electron chi connectivity index (χ4n) is 3.39. The number of piperidine rings is 1. The number of aryl methyl sites for hydroxylation is 1. The van der Waals surface area contributed by atoms with Crippen LogP contribution < -0.4 is 9.04 Å². The zero-order valence-electron chi connectivity index (χ0n) is 16.6. The summed E-state index contributed by atoms with van der Waals surface area (Å²) in [6.07, 6.45) is 2.87. The lowest BCUT2D eigenvalue weighted by Gasteiger charge is -2.31. The van der Waals surface area contributed by atoms with Crippen molar-refractivity contribution in [2.45, 2.75) is 31.1 Å². The number of nitrogens with zero attached hydrogens (tertiary/aromatic N) is 2. The first-order valence-electron chi connectivity index (χ1n) is 9.53. The van der Waals surface area contributed by atoms with E-state index in [1.165, 1.54) is 37.4 Å². The van der Waals surface area contributed by atoms with Gasteiger partial charge in [-0.1, -0.05) is 6.07 Å². The van der Waals surface area contributed by atoms with E-state index in [2.05, 4.69) is 0 Å². The van der Waals surface area contributed by atoms with Crippen molar-refractivity contribution in [2.24, 2.45) is 0 Å². The number of hydrogen-bond acceptors (Lipinski definition) is 4. The molecular weight excluding hydrogens is 395 g/mol. The summed E-state index contributed by atoms with van der Waals surface area (Å²) in [4.78, 5) is 14.5. The average Bonchev–Trinajstić information content (AvgIpc) is 2.73. The number of likely N-dealkylation sites (tertiary alicyclic amines) is 1. The minimum Gasteiger partial charge on any atom is -0.495 e. The zero-order valence-corrected chi connectivity index (χ0v) is 17.4. The number of anilines is 1. The molecule has 29 heavy (non-hydrogen) atoms. The monoisotopic (exact) mass is 420 g/mol. The maximum atomic E-state index is 13.5. The molecule has 1 fully saturated rings. The SMILES string of the molecule is COc1ccc(C)cc1S(=O)(=O)N(CC(=O)N1CCCCC1)c1ccc(F)cc1. The molecule has 0 atom stereocenters. The first-order valence-corrected chi connectivity index (χ1v) is 11.0. The molecule has 0 bridgehead atoms. The van der Waals surface area contributed by atoms with Crippen molar-refractivity contribution in [1.82, 2.24) is 4.90 Å². The van der Waals surface area contributed by atoms with Gasteiger partial charge in [-0.3, -0.25) is 9.10 Å². The largest absolute Gasteiger partial charge is 0.495 e. The van der Waals surface area contributed by atoms with Crippen LogP contribution in [-0.2, 0) is 14.8 Å². The number of ether oxygens (including phenoxy) is 1. The van der Waals surface area contributed by atoms with Crippen LogP contribution in [0.3, 0.4) is 0 Å². The molecule has 0 aromatic heterocycles. The Morgan fingerprint density at radius 2 is 1.76 bits per heavy atom. The molecule has 0 radical (unpaired) electrons. The summed E-state index contributed by atoms with van der Waals surface area (Å²) >= 11 is 0. The van der Waals surface area contributed by atoms with E-state index >= 15 is 0 Å². The Balaban J connectivity index is 2.03. The van der Waals surface area contributed by atoms with Crippen molar-refractivity contribution < 1.29 is 22.3 Å². The lowest BCUT2D eigenvalue weighted by Crippen LogP contribution is -2.45. The molecule has 1 heterocycles. The fourth-order valence-corrected chi connectivity index (χ4v) is 5.05. The van der Waals surface area contributed by atoms with E-state index < -0.39 is 15.8 Å². The van der Waals surface area contributed by atoms with Crippen molar-refractivity contribution in [3.8, 4) is 5.75 Å². The van der Waals surface area contributed by atoms with Crippen molar-refractivity contribution in [1.29, 1.82) is 0 Å². The van der Waals surface area contributed by atoms with E-state index in [1.807, 2.05) is 0 Å². The third-order valence-corrected chi connectivity index (χ3v) is 6.78. The number of carbonyl (C=O) groups excluding carboxylic acids is 1. The Morgan fingerprint density at radius 1 is 1.10 bits per heavy atom. The summed E-state index contributed by atoms with van der Waals surface area (Å²) < 4.78 is 46.8. The second-order valence-corrected chi connectivity index (χ2v) is 8.91. The maximum Gasteiger partial charge on any atom is 0.268 e. The molecule has 0 unspecified atom stereocenters. The molecule has 3 rings (SSSR count). The normalized spacial score (nSPS) is 14.5. The van der Waals surface area contributed by atoms with E-state index in [0.29, 0.717) is 13.1 Å². The van der Waals surface area contributed by atoms with Crippen LogP contribution >= 0.6 is 0 Å². The maximum absolute atomic E-state index is 13.5. The molecule has 1 aliphatic rings. The third-order valence-electron chi connectivity index (χ3n) is 4.99. The molecule has 1 amide bonds. The van der Waals surface area contributed by atoms with Crippen molar-refractivity contribution in [3.63, 3.8) is 0 Å². The van der Waals surface area contributed by atoms with Crippen LogP contribution in [-0.4, -0.2) is 46.0 Å². The topological polar surface area (TPSA) is 66.9 Å².